The number of nitrogens with two attached hydrogens (primary N) is 1. The van der Waals surface area contributed by atoms with Gasteiger partial charge in [0.05, 0.1) is 12.4 Å². The van der Waals surface area contributed by atoms with Gasteiger partial charge in [-0.3, -0.25) is 15.0 Å². The van der Waals surface area contributed by atoms with Crippen molar-refractivity contribution >= 4 is 17.7 Å². The number of ether oxygens (including phenoxy) is 2. The van der Waals surface area contributed by atoms with Crippen LogP contribution in [0.25, 0.3) is 0 Å². The van der Waals surface area contributed by atoms with Crippen molar-refractivity contribution in [1.29, 1.82) is 5.41 Å². The van der Waals surface area contributed by atoms with Gasteiger partial charge in [-0.25, -0.2) is 0 Å². The monoisotopic (exact) mass is 293 g/mol. The largest absolute Gasteiger partial charge is 0.462 e. The number of esters is 1. The Kier molecular flexibility index (Phi) is 6.90. The number of nitrogens with one attached hydrogen (secondary N) is 2. The zero-order chi connectivity index (χ0) is 15.7. The topological polar surface area (TPSA) is 114 Å². The third-order valence-corrected chi connectivity index (χ3v) is 2.55. The maximum atomic E-state index is 11.8. The van der Waals surface area contributed by atoms with Crippen LogP contribution in [0, 0.1) is 5.41 Å². The van der Waals surface area contributed by atoms with Crippen LogP contribution >= 0.6 is 0 Å². The fourth-order valence-electron chi connectivity index (χ4n) is 1.54. The summed E-state index contributed by atoms with van der Waals surface area (Å²) in [4.78, 5) is 23.1. The molecule has 0 aliphatic rings. The maximum Gasteiger partial charge on any atom is 0.325 e. The number of carbonyl (C=O) groups is 2. The molecule has 0 atom stereocenters. The Bertz CT molecular complexity index is 499. The summed E-state index contributed by atoms with van der Waals surface area (Å²) < 4.78 is 9.55. The first kappa shape index (κ1) is 16.6. The van der Waals surface area contributed by atoms with E-state index in [9.17, 15) is 9.59 Å². The molecule has 7 heteroatoms. The van der Waals surface area contributed by atoms with Crippen molar-refractivity contribution in [2.45, 2.75) is 6.42 Å². The van der Waals surface area contributed by atoms with Crippen LogP contribution in [0.2, 0.25) is 0 Å². The van der Waals surface area contributed by atoms with Gasteiger partial charge in [-0.15, -0.1) is 0 Å². The predicted molar refractivity (Wildman–Crippen MR) is 77.2 cm³/mol. The summed E-state index contributed by atoms with van der Waals surface area (Å²) in [6.07, 6.45) is 0.341. The van der Waals surface area contributed by atoms with Gasteiger partial charge in [-0.2, -0.15) is 0 Å². The number of amides is 1. The molecule has 4 N–H and O–H groups in total. The molecule has 0 aromatic heterocycles. The fourth-order valence-corrected chi connectivity index (χ4v) is 1.54. The molecule has 7 nitrogen and oxygen atoms in total. The fraction of sp³-hybridized carbons (Fsp3) is 0.357. The number of hydrogen-bond donors (Lipinski definition) is 3. The van der Waals surface area contributed by atoms with Crippen LogP contribution in [0.1, 0.15) is 15.9 Å². The normalized spacial score (nSPS) is 9.95. The lowest BCUT2D eigenvalue weighted by Crippen LogP contribution is -2.31. The van der Waals surface area contributed by atoms with Gasteiger partial charge in [0.2, 0.25) is 0 Å². The van der Waals surface area contributed by atoms with E-state index in [2.05, 4.69) is 5.32 Å². The van der Waals surface area contributed by atoms with Crippen molar-refractivity contribution in [2.24, 2.45) is 5.73 Å². The zero-order valence-corrected chi connectivity index (χ0v) is 11.8. The Morgan fingerprint density at radius 2 is 1.90 bits per heavy atom. The van der Waals surface area contributed by atoms with Crippen LogP contribution in [0.15, 0.2) is 24.3 Å². The first-order valence-corrected chi connectivity index (χ1v) is 6.37. The number of amidine groups is 1. The Hall–Kier alpha value is -2.41. The lowest BCUT2D eigenvalue weighted by Gasteiger charge is -2.07. The Labute approximate surface area is 122 Å². The molecule has 0 unspecified atom stereocenters. The van der Waals surface area contributed by atoms with Gasteiger partial charge in [0.1, 0.15) is 13.2 Å². The highest BCUT2D eigenvalue weighted by Gasteiger charge is 2.09. The minimum absolute atomic E-state index is 0.0611. The lowest BCUT2D eigenvalue weighted by atomic mass is 10.1. The Balaban J connectivity index is 2.41. The molecule has 1 rings (SSSR count). The Morgan fingerprint density at radius 3 is 2.48 bits per heavy atom. The summed E-state index contributed by atoms with van der Waals surface area (Å²) in [6.45, 7) is 0.278. The molecule has 0 aliphatic heterocycles. The van der Waals surface area contributed by atoms with E-state index in [1.54, 1.807) is 24.3 Å². The molecule has 21 heavy (non-hydrogen) atoms. The Morgan fingerprint density at radius 1 is 1.24 bits per heavy atom. The van der Waals surface area contributed by atoms with E-state index in [0.29, 0.717) is 18.6 Å². The maximum absolute atomic E-state index is 11.8. The first-order chi connectivity index (χ1) is 10.0. The average molecular weight is 293 g/mol. The molecule has 1 amide bonds. The second kappa shape index (κ2) is 8.70. The van der Waals surface area contributed by atoms with Crippen molar-refractivity contribution in [3.05, 3.63) is 35.4 Å². The SMILES string of the molecule is COCCOC(=O)CNC(=O)c1ccc(CC(=N)N)cc1. The second-order valence-corrected chi connectivity index (χ2v) is 4.29. The van der Waals surface area contributed by atoms with E-state index < -0.39 is 5.97 Å². The molecule has 1 aromatic rings. The van der Waals surface area contributed by atoms with Gasteiger partial charge in [0.25, 0.3) is 5.91 Å². The molecule has 0 heterocycles. The molecule has 0 spiro atoms. The summed E-state index contributed by atoms with van der Waals surface area (Å²) in [5, 5.41) is 9.66. The molecular formula is C14H19N3O4. The van der Waals surface area contributed by atoms with Gasteiger partial charge in [0.15, 0.2) is 0 Å². The van der Waals surface area contributed by atoms with E-state index in [4.69, 9.17) is 20.6 Å². The summed E-state index contributed by atoms with van der Waals surface area (Å²) in [5.74, 6) is -0.826. The summed E-state index contributed by atoms with van der Waals surface area (Å²) in [5.41, 5.74) is 6.57. The van der Waals surface area contributed by atoms with Crippen LogP contribution in [0.3, 0.4) is 0 Å². The summed E-state index contributed by atoms with van der Waals surface area (Å²) >= 11 is 0. The number of methoxy groups -OCH3 is 1. The average Bonchev–Trinajstić information content (AvgIpc) is 2.45. The molecule has 0 fully saturated rings. The van der Waals surface area contributed by atoms with Crippen molar-refractivity contribution in [2.75, 3.05) is 26.9 Å². The van der Waals surface area contributed by atoms with Gasteiger partial charge < -0.3 is 20.5 Å². The van der Waals surface area contributed by atoms with Crippen LogP contribution in [0.5, 0.6) is 0 Å². The third-order valence-electron chi connectivity index (χ3n) is 2.55. The number of carbonyl (C=O) groups excluding carboxylic acids is 2. The quantitative estimate of drug-likeness (QED) is 0.272. The summed E-state index contributed by atoms with van der Waals surface area (Å²) in [7, 11) is 1.51. The van der Waals surface area contributed by atoms with E-state index >= 15 is 0 Å². The molecule has 0 bridgehead atoms. The highest BCUT2D eigenvalue weighted by molar-refractivity contribution is 5.96. The minimum Gasteiger partial charge on any atom is -0.462 e. The van der Waals surface area contributed by atoms with Crippen molar-refractivity contribution in [1.82, 2.24) is 5.32 Å². The van der Waals surface area contributed by atoms with Crippen LogP contribution < -0.4 is 11.1 Å². The second-order valence-electron chi connectivity index (χ2n) is 4.29. The van der Waals surface area contributed by atoms with E-state index in [1.807, 2.05) is 0 Å². The molecule has 0 radical (unpaired) electrons. The lowest BCUT2D eigenvalue weighted by molar-refractivity contribution is -0.143. The molecule has 0 aliphatic carbocycles. The van der Waals surface area contributed by atoms with E-state index in [-0.39, 0.29) is 24.9 Å². The van der Waals surface area contributed by atoms with E-state index in [1.165, 1.54) is 7.11 Å². The zero-order valence-electron chi connectivity index (χ0n) is 11.8. The number of hydrogen-bond acceptors (Lipinski definition) is 5. The first-order valence-electron chi connectivity index (χ1n) is 6.37. The van der Waals surface area contributed by atoms with Crippen molar-refractivity contribution in [3.8, 4) is 0 Å². The van der Waals surface area contributed by atoms with Crippen molar-refractivity contribution < 1.29 is 19.1 Å². The van der Waals surface area contributed by atoms with Gasteiger partial charge in [0, 0.05) is 19.1 Å². The number of rotatable bonds is 8. The molecule has 0 saturated heterocycles. The van der Waals surface area contributed by atoms with Gasteiger partial charge in [-0.05, 0) is 17.7 Å². The van der Waals surface area contributed by atoms with Crippen molar-refractivity contribution in [3.63, 3.8) is 0 Å². The number of benzene rings is 1. The highest BCUT2D eigenvalue weighted by Crippen LogP contribution is 2.05. The van der Waals surface area contributed by atoms with Crippen LogP contribution in [-0.2, 0) is 20.7 Å². The highest BCUT2D eigenvalue weighted by atomic mass is 16.6. The molecule has 1 aromatic carbocycles. The minimum atomic E-state index is -0.520. The predicted octanol–water partition coefficient (Wildman–Crippen LogP) is 0.0845. The standard InChI is InChI=1S/C14H19N3O4/c1-20-6-7-21-13(18)9-17-14(19)11-4-2-10(3-5-11)8-12(15)16/h2-5H,6-9H2,1H3,(H3,15,16)(H,17,19). The van der Waals surface area contributed by atoms with Crippen LogP contribution in [-0.4, -0.2) is 44.6 Å². The smallest absolute Gasteiger partial charge is 0.325 e. The van der Waals surface area contributed by atoms with Crippen LogP contribution in [0.4, 0.5) is 0 Å². The molecular weight excluding hydrogens is 274 g/mol. The third kappa shape index (κ3) is 6.53. The van der Waals surface area contributed by atoms with E-state index in [0.717, 1.165) is 5.56 Å². The summed E-state index contributed by atoms with van der Waals surface area (Å²) in [6, 6.07) is 6.66. The van der Waals surface area contributed by atoms with Gasteiger partial charge in [-0.1, -0.05) is 12.1 Å². The molecule has 114 valence electrons. The van der Waals surface area contributed by atoms with Gasteiger partial charge >= 0.3 is 5.97 Å². The molecule has 0 saturated carbocycles.